The fourth-order valence-electron chi connectivity index (χ4n) is 2.90. The van der Waals surface area contributed by atoms with Gasteiger partial charge in [0.05, 0.1) is 6.04 Å². The summed E-state index contributed by atoms with van der Waals surface area (Å²) in [5, 5.41) is 3.07. The monoisotopic (exact) mass is 284 g/mol. The van der Waals surface area contributed by atoms with Crippen molar-refractivity contribution in [3.8, 4) is 0 Å². The third kappa shape index (κ3) is 2.79. The minimum atomic E-state index is -0.149. The topological polar surface area (TPSA) is 68.3 Å². The predicted molar refractivity (Wildman–Crippen MR) is 82.1 cm³/mol. The predicted octanol–water partition coefficient (Wildman–Crippen LogP) is 3.23. The van der Waals surface area contributed by atoms with Crippen LogP contribution in [0.4, 0.5) is 5.69 Å². The van der Waals surface area contributed by atoms with E-state index >= 15 is 0 Å². The Labute approximate surface area is 124 Å². The summed E-state index contributed by atoms with van der Waals surface area (Å²) in [7, 11) is 0. The van der Waals surface area contributed by atoms with Crippen LogP contribution in [0.3, 0.4) is 0 Å². The summed E-state index contributed by atoms with van der Waals surface area (Å²) in [4.78, 5) is 12.3. The van der Waals surface area contributed by atoms with Gasteiger partial charge >= 0.3 is 0 Å². The average molecular weight is 284 g/mol. The molecular formula is C17H20N2O2. The summed E-state index contributed by atoms with van der Waals surface area (Å²) in [6.07, 6.45) is 3.82. The van der Waals surface area contributed by atoms with Crippen LogP contribution in [-0.2, 0) is 12.8 Å². The van der Waals surface area contributed by atoms with Crippen molar-refractivity contribution in [2.24, 2.45) is 0 Å². The van der Waals surface area contributed by atoms with Gasteiger partial charge in [0, 0.05) is 12.1 Å². The number of furan rings is 1. The minimum absolute atomic E-state index is 0.0389. The van der Waals surface area contributed by atoms with E-state index in [1.165, 1.54) is 11.1 Å². The molecule has 0 bridgehead atoms. The molecule has 1 unspecified atom stereocenters. The van der Waals surface area contributed by atoms with Gasteiger partial charge < -0.3 is 15.5 Å². The molecule has 1 aromatic carbocycles. The van der Waals surface area contributed by atoms with Crippen molar-refractivity contribution in [2.45, 2.75) is 38.6 Å². The van der Waals surface area contributed by atoms with E-state index in [0.717, 1.165) is 37.1 Å². The molecular weight excluding hydrogens is 264 g/mol. The van der Waals surface area contributed by atoms with E-state index in [1.54, 1.807) is 6.07 Å². The highest BCUT2D eigenvalue weighted by atomic mass is 16.3. The summed E-state index contributed by atoms with van der Waals surface area (Å²) in [5.41, 5.74) is 9.02. The maximum absolute atomic E-state index is 12.3. The highest BCUT2D eigenvalue weighted by Gasteiger charge is 2.23. The van der Waals surface area contributed by atoms with Crippen LogP contribution >= 0.6 is 0 Å². The average Bonchev–Trinajstić information content (AvgIpc) is 2.96. The van der Waals surface area contributed by atoms with Crippen molar-refractivity contribution in [3.63, 3.8) is 0 Å². The first kappa shape index (κ1) is 13.7. The summed E-state index contributed by atoms with van der Waals surface area (Å²) in [6, 6.07) is 9.55. The molecule has 21 heavy (non-hydrogen) atoms. The number of carbonyl (C=O) groups is 1. The van der Waals surface area contributed by atoms with Crippen molar-refractivity contribution in [2.75, 3.05) is 5.73 Å². The number of hydrogen-bond acceptors (Lipinski definition) is 3. The van der Waals surface area contributed by atoms with Crippen molar-refractivity contribution >= 4 is 11.6 Å². The second kappa shape index (κ2) is 5.64. The van der Waals surface area contributed by atoms with Gasteiger partial charge in [-0.15, -0.1) is 0 Å². The van der Waals surface area contributed by atoms with Gasteiger partial charge in [-0.1, -0.05) is 13.0 Å². The van der Waals surface area contributed by atoms with Crippen molar-refractivity contribution in [3.05, 3.63) is 53.0 Å². The molecule has 1 aliphatic carbocycles. The first-order chi connectivity index (χ1) is 10.2. The first-order valence-corrected chi connectivity index (χ1v) is 7.45. The molecule has 4 nitrogen and oxygen atoms in total. The SMILES string of the molecule is CCc1ccc(C(=O)NC2CCCc3cc(N)ccc32)o1. The van der Waals surface area contributed by atoms with Crippen molar-refractivity contribution in [1.29, 1.82) is 0 Å². The maximum atomic E-state index is 12.3. The van der Waals surface area contributed by atoms with Crippen LogP contribution < -0.4 is 11.1 Å². The quantitative estimate of drug-likeness (QED) is 0.850. The molecule has 0 saturated heterocycles. The molecule has 3 rings (SSSR count). The van der Waals surface area contributed by atoms with Crippen molar-refractivity contribution < 1.29 is 9.21 Å². The molecule has 1 aliphatic rings. The van der Waals surface area contributed by atoms with E-state index in [4.69, 9.17) is 10.2 Å². The summed E-state index contributed by atoms with van der Waals surface area (Å²) in [5.74, 6) is 1.07. The van der Waals surface area contributed by atoms with Gasteiger partial charge in [0.2, 0.25) is 0 Å². The first-order valence-electron chi connectivity index (χ1n) is 7.45. The summed E-state index contributed by atoms with van der Waals surface area (Å²) >= 11 is 0. The number of nitrogens with two attached hydrogens (primary N) is 1. The maximum Gasteiger partial charge on any atom is 0.287 e. The van der Waals surface area contributed by atoms with Crippen LogP contribution in [-0.4, -0.2) is 5.91 Å². The molecule has 0 fully saturated rings. The summed E-state index contributed by atoms with van der Waals surface area (Å²) in [6.45, 7) is 2.00. The third-order valence-corrected chi connectivity index (χ3v) is 4.02. The molecule has 1 amide bonds. The Morgan fingerprint density at radius 3 is 3.00 bits per heavy atom. The number of rotatable bonds is 3. The van der Waals surface area contributed by atoms with Crippen LogP contribution in [0.5, 0.6) is 0 Å². The Kier molecular flexibility index (Phi) is 3.69. The lowest BCUT2D eigenvalue weighted by molar-refractivity contribution is 0.0903. The van der Waals surface area contributed by atoms with Gasteiger partial charge in [0.25, 0.3) is 5.91 Å². The zero-order valence-corrected chi connectivity index (χ0v) is 12.2. The van der Waals surface area contributed by atoms with Crippen LogP contribution in [0.25, 0.3) is 0 Å². The standard InChI is InChI=1S/C17H20N2O2/c1-2-13-7-9-16(21-13)17(20)19-15-5-3-4-11-10-12(18)6-8-14(11)15/h6-10,15H,2-5,18H2,1H3,(H,19,20). The smallest absolute Gasteiger partial charge is 0.287 e. The Hall–Kier alpha value is -2.23. The Bertz CT molecular complexity index is 661. The molecule has 110 valence electrons. The van der Waals surface area contributed by atoms with E-state index < -0.39 is 0 Å². The van der Waals surface area contributed by atoms with Crippen LogP contribution in [0.1, 0.15) is 53.2 Å². The Balaban J connectivity index is 1.78. The zero-order valence-electron chi connectivity index (χ0n) is 12.2. The normalized spacial score (nSPS) is 17.3. The van der Waals surface area contributed by atoms with Crippen molar-refractivity contribution in [1.82, 2.24) is 5.32 Å². The number of nitrogens with one attached hydrogen (secondary N) is 1. The fraction of sp³-hybridized carbons (Fsp3) is 0.353. The van der Waals surface area contributed by atoms with Gasteiger partial charge in [-0.05, 0) is 54.7 Å². The molecule has 1 atom stereocenters. The molecule has 0 saturated carbocycles. The molecule has 3 N–H and O–H groups in total. The fourth-order valence-corrected chi connectivity index (χ4v) is 2.90. The molecule has 1 heterocycles. The molecule has 4 heteroatoms. The van der Waals surface area contributed by atoms with Gasteiger partial charge in [-0.25, -0.2) is 0 Å². The van der Waals surface area contributed by atoms with E-state index in [2.05, 4.69) is 5.32 Å². The number of nitrogen functional groups attached to an aromatic ring is 1. The lowest BCUT2D eigenvalue weighted by Gasteiger charge is -2.26. The van der Waals surface area contributed by atoms with Crippen LogP contribution in [0.15, 0.2) is 34.7 Å². The molecule has 0 radical (unpaired) electrons. The number of amides is 1. The Morgan fingerprint density at radius 2 is 2.24 bits per heavy atom. The largest absolute Gasteiger partial charge is 0.456 e. The van der Waals surface area contributed by atoms with Crippen LogP contribution in [0.2, 0.25) is 0 Å². The Morgan fingerprint density at radius 1 is 1.38 bits per heavy atom. The number of fused-ring (bicyclic) bond motifs is 1. The summed E-state index contributed by atoms with van der Waals surface area (Å²) < 4.78 is 5.51. The van der Waals surface area contributed by atoms with E-state index in [1.807, 2.05) is 31.2 Å². The number of carbonyl (C=O) groups excluding carboxylic acids is 1. The number of aryl methyl sites for hydroxylation is 2. The minimum Gasteiger partial charge on any atom is -0.456 e. The van der Waals surface area contributed by atoms with Gasteiger partial charge in [0.1, 0.15) is 5.76 Å². The second-order valence-electron chi connectivity index (χ2n) is 5.50. The number of anilines is 1. The van der Waals surface area contributed by atoms with Crippen LogP contribution in [0, 0.1) is 0 Å². The lowest BCUT2D eigenvalue weighted by atomic mass is 9.87. The molecule has 0 spiro atoms. The zero-order chi connectivity index (χ0) is 14.8. The number of hydrogen-bond donors (Lipinski definition) is 2. The highest BCUT2D eigenvalue weighted by Crippen LogP contribution is 2.31. The molecule has 0 aliphatic heterocycles. The highest BCUT2D eigenvalue weighted by molar-refractivity contribution is 5.91. The molecule has 2 aromatic rings. The van der Waals surface area contributed by atoms with Gasteiger partial charge in [0.15, 0.2) is 5.76 Å². The van der Waals surface area contributed by atoms with Gasteiger partial charge in [-0.3, -0.25) is 4.79 Å². The lowest BCUT2D eigenvalue weighted by Crippen LogP contribution is -2.30. The van der Waals surface area contributed by atoms with E-state index in [-0.39, 0.29) is 11.9 Å². The molecule has 1 aromatic heterocycles. The van der Waals surface area contributed by atoms with E-state index in [0.29, 0.717) is 5.76 Å². The van der Waals surface area contributed by atoms with Gasteiger partial charge in [-0.2, -0.15) is 0 Å². The second-order valence-corrected chi connectivity index (χ2v) is 5.50. The third-order valence-electron chi connectivity index (χ3n) is 4.02. The number of benzene rings is 1. The van der Waals surface area contributed by atoms with E-state index in [9.17, 15) is 4.79 Å².